The summed E-state index contributed by atoms with van der Waals surface area (Å²) in [6, 6.07) is 13.9. The number of nitrogens with zero attached hydrogens (tertiary/aromatic N) is 1. The maximum atomic E-state index is 12.6. The Labute approximate surface area is 148 Å². The standard InChI is InChI=1S/C20H24N2O3/c1-24-17-10-15(11-18(12-17)25-2)13-21-14-20(23)22-9-5-7-16-6-3-4-8-19(16)22/h3-4,6,8,10-12,21H,5,7,9,13-14H2,1-2H3. The van der Waals surface area contributed by atoms with Gasteiger partial charge in [0.15, 0.2) is 0 Å². The Kier molecular flexibility index (Phi) is 5.56. The lowest BCUT2D eigenvalue weighted by Gasteiger charge is -2.29. The molecule has 5 nitrogen and oxygen atoms in total. The number of rotatable bonds is 6. The van der Waals surface area contributed by atoms with Gasteiger partial charge in [0, 0.05) is 24.8 Å². The maximum absolute atomic E-state index is 12.6. The Morgan fingerprint density at radius 1 is 1.12 bits per heavy atom. The summed E-state index contributed by atoms with van der Waals surface area (Å²) in [4.78, 5) is 14.5. The van der Waals surface area contributed by atoms with E-state index in [0.29, 0.717) is 13.1 Å². The van der Waals surface area contributed by atoms with Gasteiger partial charge in [0.2, 0.25) is 5.91 Å². The van der Waals surface area contributed by atoms with E-state index in [2.05, 4.69) is 11.4 Å². The van der Waals surface area contributed by atoms with Crippen molar-refractivity contribution in [2.75, 3.05) is 32.2 Å². The van der Waals surface area contributed by atoms with Crippen molar-refractivity contribution in [3.05, 3.63) is 53.6 Å². The number of carbonyl (C=O) groups excluding carboxylic acids is 1. The number of anilines is 1. The van der Waals surface area contributed by atoms with Crippen LogP contribution in [0.2, 0.25) is 0 Å². The van der Waals surface area contributed by atoms with E-state index >= 15 is 0 Å². The van der Waals surface area contributed by atoms with Gasteiger partial charge in [-0.3, -0.25) is 4.79 Å². The third kappa shape index (κ3) is 4.12. The summed E-state index contributed by atoms with van der Waals surface area (Å²) in [6.07, 6.45) is 2.05. The number of hydrogen-bond donors (Lipinski definition) is 1. The van der Waals surface area contributed by atoms with Crippen molar-refractivity contribution in [3.63, 3.8) is 0 Å². The van der Waals surface area contributed by atoms with E-state index in [1.807, 2.05) is 41.3 Å². The molecule has 0 aromatic heterocycles. The number of benzene rings is 2. The molecule has 132 valence electrons. The first-order valence-corrected chi connectivity index (χ1v) is 8.52. The van der Waals surface area contributed by atoms with Crippen LogP contribution in [0.4, 0.5) is 5.69 Å². The second kappa shape index (κ2) is 8.03. The Bertz CT molecular complexity index is 723. The van der Waals surface area contributed by atoms with Crippen LogP contribution in [-0.4, -0.2) is 33.2 Å². The number of fused-ring (bicyclic) bond motifs is 1. The second-order valence-electron chi connectivity index (χ2n) is 6.10. The van der Waals surface area contributed by atoms with Crippen molar-refractivity contribution in [1.82, 2.24) is 5.32 Å². The predicted molar refractivity (Wildman–Crippen MR) is 98.4 cm³/mol. The fourth-order valence-corrected chi connectivity index (χ4v) is 3.17. The Hall–Kier alpha value is -2.53. The fraction of sp³-hybridized carbons (Fsp3) is 0.350. The predicted octanol–water partition coefficient (Wildman–Crippen LogP) is 2.77. The molecule has 2 aromatic rings. The van der Waals surface area contributed by atoms with Crippen LogP contribution >= 0.6 is 0 Å². The van der Waals surface area contributed by atoms with Crippen LogP contribution < -0.4 is 19.7 Å². The molecule has 0 saturated heterocycles. The van der Waals surface area contributed by atoms with E-state index in [-0.39, 0.29) is 5.91 Å². The highest BCUT2D eigenvalue weighted by Gasteiger charge is 2.21. The first-order valence-electron chi connectivity index (χ1n) is 8.52. The number of ether oxygens (including phenoxy) is 2. The molecule has 1 aliphatic rings. The lowest BCUT2D eigenvalue weighted by molar-refractivity contribution is -0.117. The summed E-state index contributed by atoms with van der Waals surface area (Å²) in [6.45, 7) is 1.66. The van der Waals surface area contributed by atoms with Gasteiger partial charge in [-0.15, -0.1) is 0 Å². The van der Waals surface area contributed by atoms with Crippen LogP contribution in [-0.2, 0) is 17.8 Å². The largest absolute Gasteiger partial charge is 0.497 e. The van der Waals surface area contributed by atoms with E-state index < -0.39 is 0 Å². The number of nitrogens with one attached hydrogen (secondary N) is 1. The number of methoxy groups -OCH3 is 2. The molecule has 5 heteroatoms. The van der Waals surface area contributed by atoms with E-state index in [1.54, 1.807) is 14.2 Å². The molecule has 25 heavy (non-hydrogen) atoms. The minimum atomic E-state index is 0.0991. The van der Waals surface area contributed by atoms with Crippen LogP contribution in [0.3, 0.4) is 0 Å². The number of aryl methyl sites for hydroxylation is 1. The molecule has 2 aromatic carbocycles. The third-order valence-corrected chi connectivity index (χ3v) is 4.43. The van der Waals surface area contributed by atoms with Crippen molar-refractivity contribution in [2.45, 2.75) is 19.4 Å². The SMILES string of the molecule is COc1cc(CNCC(=O)N2CCCc3ccccc32)cc(OC)c1. The minimum Gasteiger partial charge on any atom is -0.497 e. The molecule has 0 atom stereocenters. The molecule has 1 N–H and O–H groups in total. The van der Waals surface area contributed by atoms with Crippen molar-refractivity contribution in [2.24, 2.45) is 0 Å². The van der Waals surface area contributed by atoms with Crippen LogP contribution in [0.1, 0.15) is 17.5 Å². The highest BCUT2D eigenvalue weighted by atomic mass is 16.5. The van der Waals surface area contributed by atoms with Gasteiger partial charge in [-0.25, -0.2) is 0 Å². The van der Waals surface area contributed by atoms with Gasteiger partial charge in [-0.05, 0) is 42.2 Å². The van der Waals surface area contributed by atoms with Crippen molar-refractivity contribution in [3.8, 4) is 11.5 Å². The van der Waals surface area contributed by atoms with Crippen LogP contribution in [0.15, 0.2) is 42.5 Å². The average Bonchev–Trinajstić information content (AvgIpc) is 2.67. The fourth-order valence-electron chi connectivity index (χ4n) is 3.17. The van der Waals surface area contributed by atoms with Gasteiger partial charge in [0.05, 0.1) is 20.8 Å². The molecule has 0 unspecified atom stereocenters. The molecule has 3 rings (SSSR count). The Morgan fingerprint density at radius 2 is 1.84 bits per heavy atom. The van der Waals surface area contributed by atoms with Gasteiger partial charge in [0.1, 0.15) is 11.5 Å². The lowest BCUT2D eigenvalue weighted by Crippen LogP contribution is -2.41. The highest BCUT2D eigenvalue weighted by molar-refractivity contribution is 5.95. The average molecular weight is 340 g/mol. The topological polar surface area (TPSA) is 50.8 Å². The summed E-state index contributed by atoms with van der Waals surface area (Å²) in [5.41, 5.74) is 3.31. The van der Waals surface area contributed by atoms with E-state index in [9.17, 15) is 4.79 Å². The maximum Gasteiger partial charge on any atom is 0.240 e. The summed E-state index contributed by atoms with van der Waals surface area (Å²) in [5, 5.41) is 3.23. The first-order chi connectivity index (χ1) is 12.2. The zero-order chi connectivity index (χ0) is 17.6. The summed E-state index contributed by atoms with van der Waals surface area (Å²) in [7, 11) is 3.26. The smallest absolute Gasteiger partial charge is 0.240 e. The molecule has 0 saturated carbocycles. The first kappa shape index (κ1) is 17.3. The van der Waals surface area contributed by atoms with Crippen molar-refractivity contribution >= 4 is 11.6 Å². The molecule has 0 aliphatic carbocycles. The molecule has 0 radical (unpaired) electrons. The van der Waals surface area contributed by atoms with Crippen molar-refractivity contribution in [1.29, 1.82) is 0 Å². The summed E-state index contributed by atoms with van der Waals surface area (Å²) in [5.74, 6) is 1.59. The Balaban J connectivity index is 1.60. The molecular formula is C20H24N2O3. The van der Waals surface area contributed by atoms with Crippen LogP contribution in [0.25, 0.3) is 0 Å². The molecule has 0 bridgehead atoms. The molecule has 0 fully saturated rings. The molecule has 1 aliphatic heterocycles. The molecule has 1 heterocycles. The second-order valence-corrected chi connectivity index (χ2v) is 6.10. The van der Waals surface area contributed by atoms with Gasteiger partial charge in [0.25, 0.3) is 0 Å². The van der Waals surface area contributed by atoms with Gasteiger partial charge >= 0.3 is 0 Å². The number of para-hydroxylation sites is 1. The molecule has 1 amide bonds. The van der Waals surface area contributed by atoms with E-state index in [0.717, 1.165) is 42.1 Å². The van der Waals surface area contributed by atoms with E-state index in [1.165, 1.54) is 5.56 Å². The third-order valence-electron chi connectivity index (χ3n) is 4.43. The lowest BCUT2D eigenvalue weighted by atomic mass is 10.0. The van der Waals surface area contributed by atoms with Gasteiger partial charge in [-0.2, -0.15) is 0 Å². The number of amides is 1. The van der Waals surface area contributed by atoms with Crippen LogP contribution in [0.5, 0.6) is 11.5 Å². The van der Waals surface area contributed by atoms with Crippen molar-refractivity contribution < 1.29 is 14.3 Å². The molecular weight excluding hydrogens is 316 g/mol. The Morgan fingerprint density at radius 3 is 2.56 bits per heavy atom. The van der Waals surface area contributed by atoms with Gasteiger partial charge in [-0.1, -0.05) is 18.2 Å². The normalized spacial score (nSPS) is 13.3. The van der Waals surface area contributed by atoms with E-state index in [4.69, 9.17) is 9.47 Å². The minimum absolute atomic E-state index is 0.0991. The summed E-state index contributed by atoms with van der Waals surface area (Å²) < 4.78 is 10.6. The number of hydrogen-bond acceptors (Lipinski definition) is 4. The zero-order valence-corrected chi connectivity index (χ0v) is 14.7. The monoisotopic (exact) mass is 340 g/mol. The quantitative estimate of drug-likeness (QED) is 0.878. The zero-order valence-electron chi connectivity index (χ0n) is 14.7. The van der Waals surface area contributed by atoms with Crippen LogP contribution in [0, 0.1) is 0 Å². The van der Waals surface area contributed by atoms with Gasteiger partial charge < -0.3 is 19.7 Å². The summed E-state index contributed by atoms with van der Waals surface area (Å²) >= 11 is 0. The molecule has 0 spiro atoms. The number of carbonyl (C=O) groups is 1. The highest BCUT2D eigenvalue weighted by Crippen LogP contribution is 2.26.